The third-order valence-electron chi connectivity index (χ3n) is 10.9. The second-order valence-electron chi connectivity index (χ2n) is 14.3. The Labute approximate surface area is 331 Å². The monoisotopic (exact) mass is 743 g/mol. The number of anilines is 3. The Morgan fingerprint density at radius 2 is 0.948 bits per heavy atom. The van der Waals surface area contributed by atoms with E-state index in [4.69, 9.17) is 34.3 Å². The van der Waals surface area contributed by atoms with Crippen LogP contribution in [0.3, 0.4) is 0 Å². The lowest BCUT2D eigenvalue weighted by Crippen LogP contribution is -2.18. The summed E-state index contributed by atoms with van der Waals surface area (Å²) in [4.78, 5) is 32.9. The molecule has 0 saturated carbocycles. The molecule has 58 heavy (non-hydrogen) atoms. The molecule has 0 atom stereocenters. The summed E-state index contributed by atoms with van der Waals surface area (Å²) in [5, 5.41) is 4.22. The molecule has 0 spiro atoms. The zero-order valence-electron chi connectivity index (χ0n) is 30.8. The first-order chi connectivity index (χ1) is 28.7. The first-order valence-corrected chi connectivity index (χ1v) is 19.1. The van der Waals surface area contributed by atoms with Crippen molar-refractivity contribution >= 4 is 61.1 Å². The normalized spacial score (nSPS) is 12.1. The molecule has 0 unspecified atom stereocenters. The van der Waals surface area contributed by atoms with Crippen LogP contribution in [-0.4, -0.2) is 29.9 Å². The van der Waals surface area contributed by atoms with Gasteiger partial charge in [0, 0.05) is 44.0 Å². The number of hydrogen-bond donors (Lipinski definition) is 0. The second-order valence-corrected chi connectivity index (χ2v) is 14.3. The van der Waals surface area contributed by atoms with Crippen LogP contribution in [0.5, 0.6) is 0 Å². The van der Waals surface area contributed by atoms with E-state index in [9.17, 15) is 0 Å². The average Bonchev–Trinajstić information content (AvgIpc) is 3.68. The minimum atomic E-state index is 0.536. The SMILES string of the molecule is c1ccc(-c2nc(-c3ccccc3)nc(-c3ccc(-c4nc(N5c6ccccc6-c6nc7ccccc7c7cccc5c67)nc5c4oc4ccccc45)cc3)n2)cc1. The summed E-state index contributed by atoms with van der Waals surface area (Å²) in [6.45, 7) is 0. The van der Waals surface area contributed by atoms with Crippen molar-refractivity contribution in [3.8, 4) is 56.7 Å². The van der Waals surface area contributed by atoms with E-state index in [1.807, 2.05) is 97.1 Å². The minimum absolute atomic E-state index is 0.536. The zero-order valence-corrected chi connectivity index (χ0v) is 30.8. The largest absolute Gasteiger partial charge is 0.452 e. The van der Waals surface area contributed by atoms with Crippen molar-refractivity contribution in [2.45, 2.75) is 0 Å². The number of para-hydroxylation sites is 3. The lowest BCUT2D eigenvalue weighted by Gasteiger charge is -2.31. The van der Waals surface area contributed by atoms with Crippen LogP contribution in [-0.2, 0) is 0 Å². The molecule has 5 heterocycles. The summed E-state index contributed by atoms with van der Waals surface area (Å²) < 4.78 is 6.57. The maximum Gasteiger partial charge on any atom is 0.236 e. The summed E-state index contributed by atoms with van der Waals surface area (Å²) in [7, 11) is 0. The van der Waals surface area contributed by atoms with Crippen LogP contribution < -0.4 is 4.90 Å². The zero-order chi connectivity index (χ0) is 38.2. The van der Waals surface area contributed by atoms with Gasteiger partial charge < -0.3 is 4.42 Å². The number of fused-ring (bicyclic) bond motifs is 7. The van der Waals surface area contributed by atoms with Gasteiger partial charge in [-0.25, -0.2) is 29.9 Å². The maximum absolute atomic E-state index is 6.57. The molecule has 8 heteroatoms. The molecule has 0 aliphatic carbocycles. The van der Waals surface area contributed by atoms with Crippen molar-refractivity contribution in [3.63, 3.8) is 0 Å². The summed E-state index contributed by atoms with van der Waals surface area (Å²) >= 11 is 0. The van der Waals surface area contributed by atoms with E-state index in [2.05, 4.69) is 83.8 Å². The number of pyridine rings is 1. The lowest BCUT2D eigenvalue weighted by atomic mass is 9.93. The minimum Gasteiger partial charge on any atom is -0.452 e. The smallest absolute Gasteiger partial charge is 0.236 e. The van der Waals surface area contributed by atoms with Crippen LogP contribution in [0.25, 0.3) is 100 Å². The topological polar surface area (TPSA) is 93.7 Å². The fourth-order valence-electron chi connectivity index (χ4n) is 8.17. The van der Waals surface area contributed by atoms with Gasteiger partial charge >= 0.3 is 0 Å². The summed E-state index contributed by atoms with van der Waals surface area (Å²) in [5.74, 6) is 2.34. The molecule has 7 aromatic carbocycles. The van der Waals surface area contributed by atoms with Gasteiger partial charge in [-0.05, 0) is 35.7 Å². The van der Waals surface area contributed by atoms with Crippen LogP contribution in [0, 0.1) is 0 Å². The highest BCUT2D eigenvalue weighted by Crippen LogP contribution is 2.51. The van der Waals surface area contributed by atoms with Gasteiger partial charge in [-0.15, -0.1) is 0 Å². The Balaban J connectivity index is 1.05. The van der Waals surface area contributed by atoms with Crippen molar-refractivity contribution in [1.82, 2.24) is 29.9 Å². The third-order valence-corrected chi connectivity index (χ3v) is 10.9. The van der Waals surface area contributed by atoms with Crippen LogP contribution in [0.15, 0.2) is 180 Å². The molecule has 11 aromatic rings. The number of nitrogens with zero attached hydrogens (tertiary/aromatic N) is 7. The van der Waals surface area contributed by atoms with E-state index in [1.54, 1.807) is 0 Å². The van der Waals surface area contributed by atoms with Crippen LogP contribution >= 0.6 is 0 Å². The number of rotatable bonds is 5. The van der Waals surface area contributed by atoms with Crippen molar-refractivity contribution in [2.24, 2.45) is 0 Å². The molecule has 8 nitrogen and oxygen atoms in total. The van der Waals surface area contributed by atoms with Crippen molar-refractivity contribution in [3.05, 3.63) is 176 Å². The van der Waals surface area contributed by atoms with Gasteiger partial charge in [-0.3, -0.25) is 4.90 Å². The first-order valence-electron chi connectivity index (χ1n) is 19.1. The number of benzene rings is 7. The molecule has 0 bridgehead atoms. The molecule has 1 aliphatic rings. The van der Waals surface area contributed by atoms with Gasteiger partial charge in [0.2, 0.25) is 5.95 Å². The van der Waals surface area contributed by atoms with E-state index >= 15 is 0 Å². The molecule has 4 aromatic heterocycles. The van der Waals surface area contributed by atoms with E-state index in [0.29, 0.717) is 34.7 Å². The Morgan fingerprint density at radius 1 is 0.379 bits per heavy atom. The fourth-order valence-corrected chi connectivity index (χ4v) is 8.17. The van der Waals surface area contributed by atoms with Gasteiger partial charge in [0.25, 0.3) is 0 Å². The van der Waals surface area contributed by atoms with Gasteiger partial charge in [0.05, 0.1) is 22.6 Å². The highest BCUT2D eigenvalue weighted by atomic mass is 16.3. The van der Waals surface area contributed by atoms with Crippen LogP contribution in [0.4, 0.5) is 17.3 Å². The molecule has 0 amide bonds. The molecule has 0 fully saturated rings. The third kappa shape index (κ3) is 5.02. The van der Waals surface area contributed by atoms with Crippen molar-refractivity contribution in [1.29, 1.82) is 0 Å². The Bertz CT molecular complexity index is 3340. The Morgan fingerprint density at radius 3 is 1.69 bits per heavy atom. The van der Waals surface area contributed by atoms with Crippen LogP contribution in [0.2, 0.25) is 0 Å². The molecule has 12 rings (SSSR count). The van der Waals surface area contributed by atoms with Crippen molar-refractivity contribution < 1.29 is 4.42 Å². The average molecular weight is 744 g/mol. The van der Waals surface area contributed by atoms with Gasteiger partial charge in [0.15, 0.2) is 23.1 Å². The number of aromatic nitrogens is 6. The van der Waals surface area contributed by atoms with Gasteiger partial charge in [-0.2, -0.15) is 0 Å². The fraction of sp³-hybridized carbons (Fsp3) is 0. The molecular formula is C50H29N7O. The van der Waals surface area contributed by atoms with E-state index < -0.39 is 0 Å². The number of hydrogen-bond acceptors (Lipinski definition) is 8. The standard InChI is InChI=1S/C50H29N7O/c1-3-14-31(15-4-1)47-54-48(32-16-5-2-6-17-32)56-49(55-47)33-28-26-30(27-29-33)43-46-45(37-20-9-12-25-41(37)58-46)53-50(52-43)57-39-23-11-8-19-36(39)44-42-35(21-13-24-40(42)57)34-18-7-10-22-38(34)51-44/h1-29H. The Kier molecular flexibility index (Phi) is 7.06. The highest BCUT2D eigenvalue weighted by Gasteiger charge is 2.31. The maximum atomic E-state index is 6.57. The second kappa shape index (κ2) is 12.7. The first kappa shape index (κ1) is 32.2. The van der Waals surface area contributed by atoms with E-state index in [1.165, 1.54) is 0 Å². The van der Waals surface area contributed by atoms with E-state index in [0.717, 1.165) is 83.0 Å². The lowest BCUT2D eigenvalue weighted by molar-refractivity contribution is 0.667. The highest BCUT2D eigenvalue weighted by molar-refractivity contribution is 6.20. The predicted octanol–water partition coefficient (Wildman–Crippen LogP) is 12.4. The molecule has 1 aliphatic heterocycles. The summed E-state index contributed by atoms with van der Waals surface area (Å²) in [6.07, 6.45) is 0. The molecular weight excluding hydrogens is 715 g/mol. The Hall–Kier alpha value is -8.10. The van der Waals surface area contributed by atoms with E-state index in [-0.39, 0.29) is 0 Å². The quantitative estimate of drug-likeness (QED) is 0.161. The summed E-state index contributed by atoms with van der Waals surface area (Å²) in [5.41, 5.74) is 11.2. The van der Waals surface area contributed by atoms with Crippen molar-refractivity contribution in [2.75, 3.05) is 4.90 Å². The van der Waals surface area contributed by atoms with Gasteiger partial charge in [0.1, 0.15) is 16.8 Å². The molecule has 0 saturated heterocycles. The molecule has 270 valence electrons. The number of furan rings is 1. The summed E-state index contributed by atoms with van der Waals surface area (Å²) in [6, 6.07) is 59.3. The van der Waals surface area contributed by atoms with Crippen LogP contribution in [0.1, 0.15) is 0 Å². The molecule has 0 N–H and O–H groups in total. The predicted molar refractivity (Wildman–Crippen MR) is 231 cm³/mol. The molecule has 0 radical (unpaired) electrons. The van der Waals surface area contributed by atoms with Gasteiger partial charge in [-0.1, -0.05) is 146 Å².